The second kappa shape index (κ2) is 7.63. The second-order valence-corrected chi connectivity index (χ2v) is 7.10. The van der Waals surface area contributed by atoms with E-state index in [0.717, 1.165) is 5.52 Å². The summed E-state index contributed by atoms with van der Waals surface area (Å²) in [6.07, 6.45) is 1.05. The summed E-state index contributed by atoms with van der Waals surface area (Å²) < 4.78 is 14.0. The minimum atomic E-state index is -1.09. The number of unbranched alkanes of at least 4 members (excludes halogenated alkanes) is 1. The molecule has 25 heavy (non-hydrogen) atoms. The first-order chi connectivity index (χ1) is 11.8. The molecule has 136 valence electrons. The minimum Gasteiger partial charge on any atom is -0.480 e. The summed E-state index contributed by atoms with van der Waals surface area (Å²) in [5.74, 6) is -1.62. The standard InChI is InChI=1S/C18H24FN3O3/c1-18(2,3)15(17(24)25)20-16(23)14-12-8-4-5-9-13(12)22(21-14)11-7-6-10-19/h4-5,8-9,15H,6-7,10-11H2,1-3H3,(H,20,23)(H,24,25)/t15-/m1/s1. The highest BCUT2D eigenvalue weighted by atomic mass is 19.1. The van der Waals surface area contributed by atoms with Crippen molar-refractivity contribution in [3.8, 4) is 0 Å². The summed E-state index contributed by atoms with van der Waals surface area (Å²) in [5, 5.41) is 17.0. The lowest BCUT2D eigenvalue weighted by Crippen LogP contribution is -2.49. The molecule has 0 radical (unpaired) electrons. The number of aromatic nitrogens is 2. The van der Waals surface area contributed by atoms with Crippen molar-refractivity contribution in [2.24, 2.45) is 5.41 Å². The Bertz CT molecular complexity index is 765. The van der Waals surface area contributed by atoms with Gasteiger partial charge in [-0.05, 0) is 24.3 Å². The van der Waals surface area contributed by atoms with Crippen molar-refractivity contribution < 1.29 is 19.1 Å². The Morgan fingerprint density at radius 3 is 2.56 bits per heavy atom. The number of carboxylic acids is 1. The number of nitrogens with one attached hydrogen (secondary N) is 1. The monoisotopic (exact) mass is 349 g/mol. The predicted octanol–water partition coefficient (Wildman–Crippen LogP) is 3.02. The Morgan fingerprint density at radius 1 is 1.28 bits per heavy atom. The lowest BCUT2D eigenvalue weighted by atomic mass is 9.86. The highest BCUT2D eigenvalue weighted by Crippen LogP contribution is 2.22. The lowest BCUT2D eigenvalue weighted by molar-refractivity contribution is -0.142. The molecule has 0 spiro atoms. The minimum absolute atomic E-state index is 0.186. The summed E-state index contributed by atoms with van der Waals surface area (Å²) >= 11 is 0. The summed E-state index contributed by atoms with van der Waals surface area (Å²) in [6.45, 7) is 5.36. The molecule has 0 saturated carbocycles. The molecule has 0 aliphatic carbocycles. The number of hydrogen-bond acceptors (Lipinski definition) is 3. The molecular formula is C18H24FN3O3. The fraction of sp³-hybridized carbons (Fsp3) is 0.500. The van der Waals surface area contributed by atoms with Gasteiger partial charge in [0.15, 0.2) is 5.69 Å². The van der Waals surface area contributed by atoms with Crippen LogP contribution in [0.25, 0.3) is 10.9 Å². The second-order valence-electron chi connectivity index (χ2n) is 7.10. The number of aliphatic carboxylic acids is 1. The molecule has 2 rings (SSSR count). The Labute approximate surface area is 146 Å². The smallest absolute Gasteiger partial charge is 0.326 e. The molecule has 0 unspecified atom stereocenters. The van der Waals surface area contributed by atoms with E-state index in [-0.39, 0.29) is 5.69 Å². The zero-order valence-corrected chi connectivity index (χ0v) is 14.8. The number of carboxylic acid groups (broad SMARTS) is 1. The van der Waals surface area contributed by atoms with Gasteiger partial charge in [0.1, 0.15) is 6.04 Å². The number of alkyl halides is 1. The molecule has 1 heterocycles. The van der Waals surface area contributed by atoms with Crippen LogP contribution < -0.4 is 5.32 Å². The molecule has 1 amide bonds. The number of para-hydroxylation sites is 1. The number of nitrogens with zero attached hydrogens (tertiary/aromatic N) is 2. The molecule has 0 saturated heterocycles. The van der Waals surface area contributed by atoms with Crippen LogP contribution in [-0.4, -0.2) is 39.5 Å². The fourth-order valence-electron chi connectivity index (χ4n) is 2.67. The Hall–Kier alpha value is -2.44. The van der Waals surface area contributed by atoms with Crippen LogP contribution in [0, 0.1) is 5.41 Å². The van der Waals surface area contributed by atoms with E-state index in [0.29, 0.717) is 24.8 Å². The molecule has 1 atom stereocenters. The maximum absolute atomic E-state index is 12.7. The first kappa shape index (κ1) is 18.9. The number of halogens is 1. The molecule has 0 aliphatic heterocycles. The van der Waals surface area contributed by atoms with Crippen LogP contribution in [0.15, 0.2) is 24.3 Å². The van der Waals surface area contributed by atoms with Gasteiger partial charge in [0, 0.05) is 11.9 Å². The van der Waals surface area contributed by atoms with Crippen molar-refractivity contribution in [1.29, 1.82) is 0 Å². The van der Waals surface area contributed by atoms with Gasteiger partial charge in [0.25, 0.3) is 5.91 Å². The number of amides is 1. The van der Waals surface area contributed by atoms with Gasteiger partial charge in [-0.25, -0.2) is 4.79 Å². The van der Waals surface area contributed by atoms with Gasteiger partial charge in [0.05, 0.1) is 12.2 Å². The normalized spacial score (nSPS) is 13.0. The number of carbonyl (C=O) groups is 2. The third-order valence-corrected chi connectivity index (χ3v) is 4.01. The van der Waals surface area contributed by atoms with Crippen LogP contribution in [0.1, 0.15) is 44.1 Å². The van der Waals surface area contributed by atoms with E-state index in [2.05, 4.69) is 10.4 Å². The molecular weight excluding hydrogens is 325 g/mol. The van der Waals surface area contributed by atoms with Crippen LogP contribution in [0.3, 0.4) is 0 Å². The van der Waals surface area contributed by atoms with Crippen LogP contribution in [0.4, 0.5) is 4.39 Å². The number of fused-ring (bicyclic) bond motifs is 1. The topological polar surface area (TPSA) is 84.2 Å². The highest BCUT2D eigenvalue weighted by Gasteiger charge is 2.33. The van der Waals surface area contributed by atoms with Crippen LogP contribution in [0.5, 0.6) is 0 Å². The molecule has 0 bridgehead atoms. The Balaban J connectivity index is 2.33. The van der Waals surface area contributed by atoms with E-state index >= 15 is 0 Å². The molecule has 2 aromatic rings. The molecule has 6 nitrogen and oxygen atoms in total. The summed E-state index contributed by atoms with van der Waals surface area (Å²) in [4.78, 5) is 24.1. The summed E-state index contributed by atoms with van der Waals surface area (Å²) in [5.41, 5.74) is 0.321. The Kier molecular flexibility index (Phi) is 5.77. The lowest BCUT2D eigenvalue weighted by Gasteiger charge is -2.27. The number of rotatable bonds is 7. The quantitative estimate of drug-likeness (QED) is 0.753. The van der Waals surface area contributed by atoms with Gasteiger partial charge in [-0.3, -0.25) is 13.9 Å². The number of benzene rings is 1. The zero-order chi connectivity index (χ0) is 18.6. The van der Waals surface area contributed by atoms with E-state index in [1.165, 1.54) is 0 Å². The van der Waals surface area contributed by atoms with Crippen molar-refractivity contribution in [3.05, 3.63) is 30.0 Å². The molecule has 1 aromatic heterocycles. The number of hydrogen-bond donors (Lipinski definition) is 2. The number of aryl methyl sites for hydroxylation is 1. The van der Waals surface area contributed by atoms with E-state index in [1.54, 1.807) is 37.6 Å². The SMILES string of the molecule is CC(C)(C)[C@H](NC(=O)c1nn(CCCCF)c2ccccc12)C(=O)O. The average Bonchev–Trinajstić information content (AvgIpc) is 2.90. The van der Waals surface area contributed by atoms with Crippen molar-refractivity contribution in [2.75, 3.05) is 6.67 Å². The van der Waals surface area contributed by atoms with Crippen LogP contribution in [0.2, 0.25) is 0 Å². The van der Waals surface area contributed by atoms with Gasteiger partial charge in [-0.15, -0.1) is 0 Å². The van der Waals surface area contributed by atoms with Gasteiger partial charge in [0.2, 0.25) is 0 Å². The van der Waals surface area contributed by atoms with Crippen LogP contribution in [-0.2, 0) is 11.3 Å². The van der Waals surface area contributed by atoms with E-state index in [4.69, 9.17) is 0 Å². The van der Waals surface area contributed by atoms with E-state index in [9.17, 15) is 19.1 Å². The molecule has 0 aliphatic rings. The first-order valence-electron chi connectivity index (χ1n) is 8.31. The molecule has 1 aromatic carbocycles. The van der Waals surface area contributed by atoms with Gasteiger partial charge in [-0.1, -0.05) is 39.0 Å². The summed E-state index contributed by atoms with van der Waals surface area (Å²) in [7, 11) is 0. The van der Waals surface area contributed by atoms with Gasteiger partial charge < -0.3 is 10.4 Å². The Morgan fingerprint density at radius 2 is 1.96 bits per heavy atom. The van der Waals surface area contributed by atoms with Crippen LogP contribution >= 0.6 is 0 Å². The fourth-order valence-corrected chi connectivity index (χ4v) is 2.67. The van der Waals surface area contributed by atoms with Gasteiger partial charge in [-0.2, -0.15) is 5.10 Å². The molecule has 2 N–H and O–H groups in total. The molecule has 7 heteroatoms. The third-order valence-electron chi connectivity index (χ3n) is 4.01. The van der Waals surface area contributed by atoms with Crippen molar-refractivity contribution in [2.45, 2.75) is 46.2 Å². The van der Waals surface area contributed by atoms with Crippen molar-refractivity contribution >= 4 is 22.8 Å². The van der Waals surface area contributed by atoms with E-state index in [1.807, 2.05) is 12.1 Å². The molecule has 0 fully saturated rings. The summed E-state index contributed by atoms with van der Waals surface area (Å²) in [6, 6.07) is 6.22. The van der Waals surface area contributed by atoms with Gasteiger partial charge >= 0.3 is 5.97 Å². The first-order valence-corrected chi connectivity index (χ1v) is 8.31. The predicted molar refractivity (Wildman–Crippen MR) is 93.3 cm³/mol. The maximum atomic E-state index is 12.7. The zero-order valence-electron chi connectivity index (χ0n) is 14.8. The van der Waals surface area contributed by atoms with E-state index < -0.39 is 30.0 Å². The van der Waals surface area contributed by atoms with Crippen molar-refractivity contribution in [1.82, 2.24) is 15.1 Å². The highest BCUT2D eigenvalue weighted by molar-refractivity contribution is 6.05. The van der Waals surface area contributed by atoms with Crippen molar-refractivity contribution in [3.63, 3.8) is 0 Å². The maximum Gasteiger partial charge on any atom is 0.326 e. The number of carbonyl (C=O) groups excluding carboxylic acids is 1. The average molecular weight is 349 g/mol. The largest absolute Gasteiger partial charge is 0.480 e. The third kappa shape index (κ3) is 4.35.